The summed E-state index contributed by atoms with van der Waals surface area (Å²) in [6, 6.07) is 12.7. The summed E-state index contributed by atoms with van der Waals surface area (Å²) < 4.78 is 42.2. The average molecular weight is 467 g/mol. The van der Waals surface area contributed by atoms with E-state index in [1.165, 1.54) is 30.3 Å². The second-order valence-electron chi connectivity index (χ2n) is 6.70. The molecule has 0 aliphatic rings. The lowest BCUT2D eigenvalue weighted by Crippen LogP contribution is -2.16. The summed E-state index contributed by atoms with van der Waals surface area (Å²) in [4.78, 5) is 12.1. The minimum absolute atomic E-state index is 0.105. The van der Waals surface area contributed by atoms with Crippen LogP contribution in [0.5, 0.6) is 0 Å². The maximum absolute atomic E-state index is 14.5. The first-order valence-electron chi connectivity index (χ1n) is 8.72. The van der Waals surface area contributed by atoms with E-state index in [2.05, 4.69) is 10.0 Å². The third-order valence-corrected chi connectivity index (χ3v) is 6.08. The molecule has 2 N–H and O–H groups in total. The van der Waals surface area contributed by atoms with E-state index in [0.717, 1.165) is 17.2 Å². The summed E-state index contributed by atoms with van der Waals surface area (Å²) >= 11 is 11.8. The Bertz CT molecular complexity index is 1230. The van der Waals surface area contributed by atoms with E-state index in [4.69, 9.17) is 23.2 Å². The van der Waals surface area contributed by atoms with Crippen LogP contribution in [0.15, 0.2) is 59.5 Å². The van der Waals surface area contributed by atoms with Gasteiger partial charge in [-0.05, 0) is 73.5 Å². The Morgan fingerprint density at radius 2 is 1.60 bits per heavy atom. The summed E-state index contributed by atoms with van der Waals surface area (Å²) in [5, 5.41) is 2.84. The molecule has 0 radical (unpaired) electrons. The predicted molar refractivity (Wildman–Crippen MR) is 118 cm³/mol. The summed E-state index contributed by atoms with van der Waals surface area (Å²) in [5.41, 5.74) is 2.07. The average Bonchev–Trinajstić information content (AvgIpc) is 2.61. The molecule has 1 amide bonds. The first-order chi connectivity index (χ1) is 14.0. The molecule has 0 saturated heterocycles. The van der Waals surface area contributed by atoms with Crippen molar-refractivity contribution in [2.75, 3.05) is 10.0 Å². The highest BCUT2D eigenvalue weighted by Gasteiger charge is 2.19. The minimum atomic E-state index is -4.02. The third kappa shape index (κ3) is 5.11. The maximum atomic E-state index is 14.5. The molecule has 3 aromatic rings. The molecule has 9 heteroatoms. The van der Waals surface area contributed by atoms with Gasteiger partial charge in [-0.1, -0.05) is 29.3 Å². The minimum Gasteiger partial charge on any atom is -0.319 e. The van der Waals surface area contributed by atoms with Gasteiger partial charge in [0, 0.05) is 10.7 Å². The number of benzene rings is 3. The molecule has 0 saturated carbocycles. The van der Waals surface area contributed by atoms with Gasteiger partial charge in [0.05, 0.1) is 21.2 Å². The number of sulfonamides is 1. The summed E-state index contributed by atoms with van der Waals surface area (Å²) in [5.74, 6) is -1.56. The van der Waals surface area contributed by atoms with E-state index in [9.17, 15) is 17.6 Å². The van der Waals surface area contributed by atoms with Crippen molar-refractivity contribution in [2.45, 2.75) is 18.7 Å². The van der Waals surface area contributed by atoms with Crippen LogP contribution in [-0.4, -0.2) is 14.3 Å². The molecule has 0 atom stereocenters. The fraction of sp³-hybridized carbons (Fsp3) is 0.0952. The molecule has 0 aliphatic heterocycles. The lowest BCUT2D eigenvalue weighted by Gasteiger charge is -2.12. The maximum Gasteiger partial charge on any atom is 0.261 e. The van der Waals surface area contributed by atoms with Gasteiger partial charge in [0.1, 0.15) is 5.82 Å². The highest BCUT2D eigenvalue weighted by atomic mass is 35.5. The summed E-state index contributed by atoms with van der Waals surface area (Å²) in [6.45, 7) is 3.68. The fourth-order valence-electron chi connectivity index (χ4n) is 2.88. The number of anilines is 2. The van der Waals surface area contributed by atoms with Gasteiger partial charge in [-0.25, -0.2) is 12.8 Å². The van der Waals surface area contributed by atoms with Gasteiger partial charge in [0.25, 0.3) is 15.9 Å². The Morgan fingerprint density at radius 3 is 2.20 bits per heavy atom. The van der Waals surface area contributed by atoms with E-state index < -0.39 is 21.7 Å². The highest BCUT2D eigenvalue weighted by Crippen LogP contribution is 2.25. The quantitative estimate of drug-likeness (QED) is 0.498. The Morgan fingerprint density at radius 1 is 0.933 bits per heavy atom. The summed E-state index contributed by atoms with van der Waals surface area (Å²) in [7, 11) is -4.02. The smallest absolute Gasteiger partial charge is 0.261 e. The summed E-state index contributed by atoms with van der Waals surface area (Å²) in [6.07, 6.45) is 0. The fourth-order valence-corrected chi connectivity index (χ4v) is 4.42. The molecule has 0 bridgehead atoms. The zero-order chi connectivity index (χ0) is 22.1. The van der Waals surface area contributed by atoms with Crippen molar-refractivity contribution >= 4 is 50.5 Å². The number of aryl methyl sites for hydroxylation is 2. The molecule has 3 rings (SSSR count). The third-order valence-electron chi connectivity index (χ3n) is 4.15. The number of halogens is 3. The van der Waals surface area contributed by atoms with Crippen molar-refractivity contribution < 1.29 is 17.6 Å². The molecule has 0 aliphatic carbocycles. The largest absolute Gasteiger partial charge is 0.319 e. The number of carbonyl (C=O) groups is 1. The second kappa shape index (κ2) is 8.63. The van der Waals surface area contributed by atoms with Gasteiger partial charge in [0.15, 0.2) is 0 Å². The molecule has 0 heterocycles. The predicted octanol–water partition coefficient (Wildman–Crippen LogP) is 5.80. The number of rotatable bonds is 5. The lowest BCUT2D eigenvalue weighted by atomic mass is 10.1. The van der Waals surface area contributed by atoms with Crippen molar-refractivity contribution in [2.24, 2.45) is 0 Å². The van der Waals surface area contributed by atoms with E-state index >= 15 is 0 Å². The number of hydrogen-bond acceptors (Lipinski definition) is 3. The Hall–Kier alpha value is -2.61. The van der Waals surface area contributed by atoms with Crippen LogP contribution in [0.1, 0.15) is 21.5 Å². The van der Waals surface area contributed by atoms with Crippen LogP contribution >= 0.6 is 23.2 Å². The van der Waals surface area contributed by atoms with Crippen molar-refractivity contribution in [1.82, 2.24) is 0 Å². The lowest BCUT2D eigenvalue weighted by molar-refractivity contribution is 0.102. The van der Waals surface area contributed by atoms with Gasteiger partial charge in [-0.15, -0.1) is 0 Å². The van der Waals surface area contributed by atoms with Gasteiger partial charge < -0.3 is 5.32 Å². The van der Waals surface area contributed by atoms with E-state index in [-0.39, 0.29) is 21.2 Å². The Kier molecular flexibility index (Phi) is 6.36. The SMILES string of the molecule is Cc1cc(C)cc(NS(=O)(=O)c2ccc(NC(=O)c3ccc(Cl)cc3Cl)c(F)c2)c1. The van der Waals surface area contributed by atoms with Crippen LogP contribution in [0.25, 0.3) is 0 Å². The zero-order valence-electron chi connectivity index (χ0n) is 16.0. The van der Waals surface area contributed by atoms with Gasteiger partial charge in [-0.3, -0.25) is 9.52 Å². The first-order valence-corrected chi connectivity index (χ1v) is 11.0. The van der Waals surface area contributed by atoms with Crippen molar-refractivity contribution in [1.29, 1.82) is 0 Å². The van der Waals surface area contributed by atoms with Crippen LogP contribution < -0.4 is 10.0 Å². The topological polar surface area (TPSA) is 75.3 Å². The van der Waals surface area contributed by atoms with Crippen LogP contribution in [-0.2, 0) is 10.0 Å². The Balaban J connectivity index is 1.82. The van der Waals surface area contributed by atoms with Crippen LogP contribution in [0.4, 0.5) is 15.8 Å². The van der Waals surface area contributed by atoms with E-state index in [0.29, 0.717) is 10.7 Å². The van der Waals surface area contributed by atoms with Crippen molar-refractivity contribution in [3.8, 4) is 0 Å². The molecular formula is C21H17Cl2FN2O3S. The second-order valence-corrected chi connectivity index (χ2v) is 9.23. The van der Waals surface area contributed by atoms with Gasteiger partial charge in [-0.2, -0.15) is 0 Å². The molecule has 0 aromatic heterocycles. The number of amides is 1. The normalized spacial score (nSPS) is 11.2. The van der Waals surface area contributed by atoms with Gasteiger partial charge in [0.2, 0.25) is 0 Å². The number of carbonyl (C=O) groups excluding carboxylic acids is 1. The van der Waals surface area contributed by atoms with Crippen molar-refractivity contribution in [3.05, 3.63) is 87.2 Å². The zero-order valence-corrected chi connectivity index (χ0v) is 18.3. The molecule has 30 heavy (non-hydrogen) atoms. The van der Waals surface area contributed by atoms with E-state index in [1.807, 2.05) is 19.9 Å². The standard InChI is InChI=1S/C21H17Cl2FN2O3S/c1-12-7-13(2)9-15(8-12)26-30(28,29)16-4-6-20(19(24)11-16)25-21(27)17-5-3-14(22)10-18(17)23/h3-11,26H,1-2H3,(H,25,27). The molecule has 0 spiro atoms. The first kappa shape index (κ1) is 22.1. The molecule has 5 nitrogen and oxygen atoms in total. The van der Waals surface area contributed by atoms with Crippen LogP contribution in [0.2, 0.25) is 10.0 Å². The monoisotopic (exact) mass is 466 g/mol. The van der Waals surface area contributed by atoms with E-state index in [1.54, 1.807) is 12.1 Å². The molecule has 0 unspecified atom stereocenters. The molecule has 156 valence electrons. The molecule has 3 aromatic carbocycles. The van der Waals surface area contributed by atoms with Crippen molar-refractivity contribution in [3.63, 3.8) is 0 Å². The number of nitrogens with one attached hydrogen (secondary N) is 2. The number of hydrogen-bond donors (Lipinski definition) is 2. The van der Waals surface area contributed by atoms with Crippen LogP contribution in [0, 0.1) is 19.7 Å². The van der Waals surface area contributed by atoms with Crippen LogP contribution in [0.3, 0.4) is 0 Å². The Labute approximate surface area is 183 Å². The van der Waals surface area contributed by atoms with Gasteiger partial charge >= 0.3 is 0 Å². The highest BCUT2D eigenvalue weighted by molar-refractivity contribution is 7.92. The molecular weight excluding hydrogens is 450 g/mol. The molecule has 0 fully saturated rings.